The predicted molar refractivity (Wildman–Crippen MR) is 133 cm³/mol. The van der Waals surface area contributed by atoms with Crippen LogP contribution in [0.15, 0.2) is 30.3 Å². The Kier molecular flexibility index (Phi) is 12.8. The van der Waals surface area contributed by atoms with Crippen molar-refractivity contribution in [1.82, 2.24) is 16.0 Å². The molecule has 12 heteroatoms. The van der Waals surface area contributed by atoms with Crippen molar-refractivity contribution in [3.63, 3.8) is 0 Å². The maximum Gasteiger partial charge on any atom is 0.326 e. The fourth-order valence-electron chi connectivity index (χ4n) is 3.20. The number of hydrogen-bond acceptors (Lipinski definition) is 7. The van der Waals surface area contributed by atoms with Crippen molar-refractivity contribution in [2.75, 3.05) is 12.0 Å². The molecule has 1 aromatic rings. The standard InChI is InChI=1S/C23H35N5O6S/c1-13(2)19(22(32)27-17(23(33)34)12-18(25)29)28-21(31)16(9-10-35-3)26-20(30)15(24)11-14-7-5-4-6-8-14/h4-8,13,15-17,19H,9-12,24H2,1-3H3,(H2,25,29)(H,26,30)(H,27,32)(H,28,31)(H,33,34). The van der Waals surface area contributed by atoms with E-state index in [-0.39, 0.29) is 6.42 Å². The molecule has 0 fully saturated rings. The van der Waals surface area contributed by atoms with Crippen molar-refractivity contribution in [3.05, 3.63) is 35.9 Å². The quantitative estimate of drug-likeness (QED) is 0.180. The minimum Gasteiger partial charge on any atom is -0.480 e. The summed E-state index contributed by atoms with van der Waals surface area (Å²) in [6.45, 7) is 3.33. The van der Waals surface area contributed by atoms with Gasteiger partial charge in [0.2, 0.25) is 23.6 Å². The summed E-state index contributed by atoms with van der Waals surface area (Å²) in [6, 6.07) is 4.76. The number of benzene rings is 1. The Morgan fingerprint density at radius 2 is 1.54 bits per heavy atom. The average molecular weight is 510 g/mol. The summed E-state index contributed by atoms with van der Waals surface area (Å²) in [7, 11) is 0. The van der Waals surface area contributed by atoms with Crippen LogP contribution in [-0.2, 0) is 30.4 Å². The largest absolute Gasteiger partial charge is 0.480 e. The van der Waals surface area contributed by atoms with Crippen LogP contribution in [0.4, 0.5) is 0 Å². The van der Waals surface area contributed by atoms with Gasteiger partial charge in [-0.2, -0.15) is 11.8 Å². The third kappa shape index (κ3) is 10.8. The van der Waals surface area contributed by atoms with Gasteiger partial charge in [0.25, 0.3) is 0 Å². The average Bonchev–Trinajstić information content (AvgIpc) is 2.79. The summed E-state index contributed by atoms with van der Waals surface area (Å²) >= 11 is 1.48. The van der Waals surface area contributed by atoms with E-state index >= 15 is 0 Å². The Bertz CT molecular complexity index is 882. The van der Waals surface area contributed by atoms with Crippen LogP contribution in [0.3, 0.4) is 0 Å². The zero-order chi connectivity index (χ0) is 26.5. The molecule has 1 rings (SSSR count). The first kappa shape index (κ1) is 29.9. The van der Waals surface area contributed by atoms with Gasteiger partial charge >= 0.3 is 5.97 Å². The molecule has 8 N–H and O–H groups in total. The van der Waals surface area contributed by atoms with Gasteiger partial charge in [0.15, 0.2) is 0 Å². The number of primary amides is 1. The topological polar surface area (TPSA) is 194 Å². The molecule has 0 bridgehead atoms. The molecule has 0 aromatic heterocycles. The molecular weight excluding hydrogens is 474 g/mol. The molecular formula is C23H35N5O6S. The number of rotatable bonds is 15. The Morgan fingerprint density at radius 3 is 2.06 bits per heavy atom. The SMILES string of the molecule is CSCCC(NC(=O)C(N)Cc1ccccc1)C(=O)NC(C(=O)NC(CC(N)=O)C(=O)O)C(C)C. The van der Waals surface area contributed by atoms with E-state index in [9.17, 15) is 29.1 Å². The van der Waals surface area contributed by atoms with E-state index < -0.39 is 66.1 Å². The summed E-state index contributed by atoms with van der Waals surface area (Å²) in [4.78, 5) is 60.9. The highest BCUT2D eigenvalue weighted by Crippen LogP contribution is 2.08. The zero-order valence-corrected chi connectivity index (χ0v) is 21.0. The molecule has 11 nitrogen and oxygen atoms in total. The van der Waals surface area contributed by atoms with Crippen molar-refractivity contribution >= 4 is 41.4 Å². The fourth-order valence-corrected chi connectivity index (χ4v) is 3.67. The summed E-state index contributed by atoms with van der Waals surface area (Å²) < 4.78 is 0. The highest BCUT2D eigenvalue weighted by molar-refractivity contribution is 7.98. The molecule has 0 radical (unpaired) electrons. The molecule has 0 saturated carbocycles. The van der Waals surface area contributed by atoms with Crippen LogP contribution in [0.25, 0.3) is 0 Å². The van der Waals surface area contributed by atoms with Gasteiger partial charge in [0.05, 0.1) is 12.5 Å². The van der Waals surface area contributed by atoms with E-state index in [1.165, 1.54) is 11.8 Å². The smallest absolute Gasteiger partial charge is 0.326 e. The summed E-state index contributed by atoms with van der Waals surface area (Å²) in [6.07, 6.45) is 1.85. The van der Waals surface area contributed by atoms with Gasteiger partial charge in [0, 0.05) is 0 Å². The summed E-state index contributed by atoms with van der Waals surface area (Å²) in [5.41, 5.74) is 12.0. The van der Waals surface area contributed by atoms with Gasteiger partial charge < -0.3 is 32.5 Å². The molecule has 0 spiro atoms. The number of thioether (sulfide) groups is 1. The van der Waals surface area contributed by atoms with Crippen LogP contribution < -0.4 is 27.4 Å². The Balaban J connectivity index is 2.91. The molecule has 194 valence electrons. The van der Waals surface area contributed by atoms with Crippen LogP contribution >= 0.6 is 11.8 Å². The van der Waals surface area contributed by atoms with E-state index in [1.54, 1.807) is 13.8 Å². The van der Waals surface area contributed by atoms with E-state index in [2.05, 4.69) is 16.0 Å². The van der Waals surface area contributed by atoms with Gasteiger partial charge in [-0.05, 0) is 36.3 Å². The molecule has 1 aromatic carbocycles. The Morgan fingerprint density at radius 1 is 0.943 bits per heavy atom. The number of amides is 4. The maximum atomic E-state index is 13.0. The molecule has 0 saturated heterocycles. The predicted octanol–water partition coefficient (Wildman–Crippen LogP) is -0.620. The van der Waals surface area contributed by atoms with E-state index in [0.717, 1.165) is 5.56 Å². The number of carbonyl (C=O) groups is 5. The molecule has 0 aliphatic carbocycles. The first-order valence-corrected chi connectivity index (χ1v) is 12.6. The molecule has 4 amide bonds. The normalized spacial score (nSPS) is 14.3. The maximum absolute atomic E-state index is 13.0. The monoisotopic (exact) mass is 509 g/mol. The van der Waals surface area contributed by atoms with Gasteiger partial charge in [0.1, 0.15) is 18.1 Å². The molecule has 4 unspecified atom stereocenters. The number of carboxylic acids is 1. The fraction of sp³-hybridized carbons (Fsp3) is 0.522. The van der Waals surface area contributed by atoms with Gasteiger partial charge in [-0.15, -0.1) is 0 Å². The van der Waals surface area contributed by atoms with E-state index in [1.807, 2.05) is 36.6 Å². The van der Waals surface area contributed by atoms with Crippen LogP contribution in [0.1, 0.15) is 32.3 Å². The number of carboxylic acid groups (broad SMARTS) is 1. The zero-order valence-electron chi connectivity index (χ0n) is 20.2. The minimum atomic E-state index is -1.53. The van der Waals surface area contributed by atoms with Crippen molar-refractivity contribution in [1.29, 1.82) is 0 Å². The third-order valence-corrected chi connectivity index (χ3v) is 5.79. The van der Waals surface area contributed by atoms with Crippen LogP contribution in [0.5, 0.6) is 0 Å². The summed E-state index contributed by atoms with van der Waals surface area (Å²) in [5.74, 6) is -4.07. The number of hydrogen-bond donors (Lipinski definition) is 6. The number of aliphatic carboxylic acids is 1. The number of carbonyl (C=O) groups excluding carboxylic acids is 4. The first-order valence-electron chi connectivity index (χ1n) is 11.2. The van der Waals surface area contributed by atoms with E-state index in [0.29, 0.717) is 12.2 Å². The molecule has 0 heterocycles. The van der Waals surface area contributed by atoms with Crippen molar-refractivity contribution in [2.24, 2.45) is 17.4 Å². The highest BCUT2D eigenvalue weighted by atomic mass is 32.2. The second-order valence-corrected chi connectivity index (χ2v) is 9.42. The lowest BCUT2D eigenvalue weighted by Crippen LogP contribution is -2.58. The number of nitrogens with two attached hydrogens (primary N) is 2. The second-order valence-electron chi connectivity index (χ2n) is 8.44. The molecule has 0 aliphatic heterocycles. The second kappa shape index (κ2) is 15.0. The lowest BCUT2D eigenvalue weighted by atomic mass is 10.0. The van der Waals surface area contributed by atoms with Crippen LogP contribution in [0, 0.1) is 5.92 Å². The van der Waals surface area contributed by atoms with Gasteiger partial charge in [-0.3, -0.25) is 19.2 Å². The highest BCUT2D eigenvalue weighted by Gasteiger charge is 2.32. The molecule has 0 aliphatic rings. The lowest BCUT2D eigenvalue weighted by molar-refractivity contribution is -0.144. The van der Waals surface area contributed by atoms with Gasteiger partial charge in [-0.25, -0.2) is 4.79 Å². The van der Waals surface area contributed by atoms with Crippen molar-refractivity contribution < 1.29 is 29.1 Å². The molecule has 35 heavy (non-hydrogen) atoms. The van der Waals surface area contributed by atoms with Crippen LogP contribution in [-0.4, -0.2) is 70.9 Å². The van der Waals surface area contributed by atoms with Crippen molar-refractivity contribution in [2.45, 2.75) is 57.3 Å². The van der Waals surface area contributed by atoms with Crippen molar-refractivity contribution in [3.8, 4) is 0 Å². The minimum absolute atomic E-state index is 0.289. The number of nitrogens with one attached hydrogen (secondary N) is 3. The van der Waals surface area contributed by atoms with Gasteiger partial charge in [-0.1, -0.05) is 44.2 Å². The third-order valence-electron chi connectivity index (χ3n) is 5.15. The summed E-state index contributed by atoms with van der Waals surface area (Å²) in [5, 5.41) is 16.7. The van der Waals surface area contributed by atoms with Crippen LogP contribution in [0.2, 0.25) is 0 Å². The van der Waals surface area contributed by atoms with E-state index in [4.69, 9.17) is 11.5 Å². The Hall–Kier alpha value is -3.12. The first-order chi connectivity index (χ1) is 16.5. The Labute approximate surface area is 209 Å². The lowest BCUT2D eigenvalue weighted by Gasteiger charge is -2.27. The molecule has 4 atom stereocenters.